The van der Waals surface area contributed by atoms with E-state index in [-0.39, 0.29) is 12.0 Å². The zero-order valence-electron chi connectivity index (χ0n) is 3.93. The van der Waals surface area contributed by atoms with E-state index >= 15 is 0 Å². The van der Waals surface area contributed by atoms with Crippen LogP contribution in [-0.2, 0) is 4.84 Å². The number of hydrogen-bond acceptors (Lipinski definition) is 3. The molecule has 4 heteroatoms. The summed E-state index contributed by atoms with van der Waals surface area (Å²) in [6.45, 7) is 1.90. The lowest BCUT2D eigenvalue weighted by Crippen LogP contribution is -1.98. The Labute approximate surface area is 46.5 Å². The molecule has 0 aromatic heterocycles. The molecule has 0 aliphatic rings. The third-order valence-electron chi connectivity index (χ3n) is 0.357. The van der Waals surface area contributed by atoms with Gasteiger partial charge in [0.1, 0.15) is 6.61 Å². The molecule has 1 unspecified atom stereocenters. The highest BCUT2D eigenvalue weighted by Gasteiger charge is 1.92. The van der Waals surface area contributed by atoms with Crippen LogP contribution in [0.15, 0.2) is 5.34 Å². The van der Waals surface area contributed by atoms with Gasteiger partial charge < -0.3 is 4.84 Å². The summed E-state index contributed by atoms with van der Waals surface area (Å²) >= 11 is 5.33. The van der Waals surface area contributed by atoms with Gasteiger partial charge in [0.2, 0.25) is 0 Å². The fourth-order valence-electron chi connectivity index (χ4n) is 0.133. The van der Waals surface area contributed by atoms with Crippen molar-refractivity contribution in [1.82, 2.24) is 0 Å². The average Bonchev–Trinajstić information content (AvgIpc) is 1.61. The first-order chi connectivity index (χ1) is 3.27. The van der Waals surface area contributed by atoms with Crippen LogP contribution in [0.3, 0.4) is 0 Å². The molecule has 7 heavy (non-hydrogen) atoms. The maximum Gasteiger partial charge on any atom is 0.155 e. The van der Waals surface area contributed by atoms with Crippen molar-refractivity contribution < 1.29 is 4.84 Å². The van der Waals surface area contributed by atoms with E-state index in [1.54, 1.807) is 6.92 Å². The van der Waals surface area contributed by atoms with Gasteiger partial charge in [-0.2, -0.15) is 0 Å². The van der Waals surface area contributed by atoms with Crippen molar-refractivity contribution in [3.8, 4) is 0 Å². The third kappa shape index (κ3) is 5.69. The average molecular weight is 124 g/mol. The Bertz CT molecular complexity index is 56.9. The van der Waals surface area contributed by atoms with Gasteiger partial charge in [-0.05, 0) is 6.92 Å². The predicted octanol–water partition coefficient (Wildman–Crippen LogP) is 1.31. The molecule has 1 atom stereocenters. The smallest absolute Gasteiger partial charge is 0.155 e. The largest absolute Gasteiger partial charge is 0.363 e. The maximum atomic E-state index is 9.18. The summed E-state index contributed by atoms with van der Waals surface area (Å²) in [5.41, 5.74) is 0. The van der Waals surface area contributed by atoms with Crippen LogP contribution in [0.25, 0.3) is 0 Å². The molecule has 0 saturated carbocycles. The number of rotatable bonds is 3. The first-order valence-corrected chi connectivity index (χ1v) is 2.29. The van der Waals surface area contributed by atoms with Gasteiger partial charge in [0.15, 0.2) is 5.34 Å². The van der Waals surface area contributed by atoms with Gasteiger partial charge in [0.05, 0.1) is 5.38 Å². The molecule has 0 heterocycles. The van der Waals surface area contributed by atoms with Gasteiger partial charge in [0, 0.05) is 0 Å². The van der Waals surface area contributed by atoms with Gasteiger partial charge in [-0.1, -0.05) is 0 Å². The molecule has 0 radical (unpaired) electrons. The van der Waals surface area contributed by atoms with E-state index in [0.717, 1.165) is 0 Å². The molecule has 0 saturated heterocycles. The van der Waals surface area contributed by atoms with Gasteiger partial charge >= 0.3 is 0 Å². The summed E-state index contributed by atoms with van der Waals surface area (Å²) in [7, 11) is 0. The monoisotopic (exact) mass is 123 g/mol. The van der Waals surface area contributed by atoms with E-state index in [2.05, 4.69) is 10.2 Å². The normalized spacial score (nSPS) is 12.9. The Kier molecular flexibility index (Phi) is 3.69. The number of alkyl halides is 1. The van der Waals surface area contributed by atoms with Crippen molar-refractivity contribution in [3.05, 3.63) is 4.91 Å². The molecule has 0 rings (SSSR count). The van der Waals surface area contributed by atoms with Crippen LogP contribution in [-0.4, -0.2) is 12.0 Å². The number of nitrogens with zero attached hydrogens (tertiary/aromatic N) is 1. The van der Waals surface area contributed by atoms with Crippen molar-refractivity contribution in [2.24, 2.45) is 5.34 Å². The van der Waals surface area contributed by atoms with Crippen LogP contribution in [0, 0.1) is 4.91 Å². The lowest BCUT2D eigenvalue weighted by molar-refractivity contribution is 0.142. The van der Waals surface area contributed by atoms with E-state index in [4.69, 9.17) is 11.6 Å². The first kappa shape index (κ1) is 6.69. The fraction of sp³-hybridized carbons (Fsp3) is 1.00. The Hall–Kier alpha value is -0.310. The third-order valence-corrected chi connectivity index (χ3v) is 0.483. The van der Waals surface area contributed by atoms with E-state index in [1.165, 1.54) is 0 Å². The number of halogens is 1. The standard InChI is InChI=1S/C3H6ClNO2/c1-3(4)2-7-5-6/h3H,2H2,1H3. The van der Waals surface area contributed by atoms with Crippen molar-refractivity contribution in [1.29, 1.82) is 0 Å². The van der Waals surface area contributed by atoms with Crippen LogP contribution in [0.2, 0.25) is 0 Å². The van der Waals surface area contributed by atoms with E-state index in [1.807, 2.05) is 0 Å². The topological polar surface area (TPSA) is 38.7 Å². The molecule has 42 valence electrons. The number of hydrogen-bond donors (Lipinski definition) is 0. The Morgan fingerprint density at radius 2 is 2.57 bits per heavy atom. The summed E-state index contributed by atoms with van der Waals surface area (Å²) in [6.07, 6.45) is 0. The zero-order chi connectivity index (χ0) is 5.70. The second-order valence-electron chi connectivity index (χ2n) is 1.15. The molecule has 0 amide bonds. The molecule has 0 aliphatic heterocycles. The molecular weight excluding hydrogens is 117 g/mol. The van der Waals surface area contributed by atoms with Crippen molar-refractivity contribution in [3.63, 3.8) is 0 Å². The molecule has 0 N–H and O–H groups in total. The summed E-state index contributed by atoms with van der Waals surface area (Å²) < 4.78 is 0. The fourth-order valence-corrected chi connectivity index (χ4v) is 0.189. The zero-order valence-corrected chi connectivity index (χ0v) is 4.68. The van der Waals surface area contributed by atoms with Crippen LogP contribution >= 0.6 is 11.6 Å². The molecule has 0 spiro atoms. The van der Waals surface area contributed by atoms with E-state index in [9.17, 15) is 4.91 Å². The van der Waals surface area contributed by atoms with Gasteiger partial charge in [-0.15, -0.1) is 16.5 Å². The molecule has 0 aromatic rings. The summed E-state index contributed by atoms with van der Waals surface area (Å²) in [6, 6.07) is 0. The molecular formula is C3H6ClNO2. The molecule has 0 aromatic carbocycles. The minimum absolute atomic E-state index is 0.141. The first-order valence-electron chi connectivity index (χ1n) is 1.86. The predicted molar refractivity (Wildman–Crippen MR) is 27.1 cm³/mol. The molecule has 0 bridgehead atoms. The van der Waals surface area contributed by atoms with Crippen LogP contribution in [0.4, 0.5) is 0 Å². The van der Waals surface area contributed by atoms with Crippen molar-refractivity contribution >= 4 is 11.6 Å². The van der Waals surface area contributed by atoms with E-state index < -0.39 is 0 Å². The highest BCUT2D eigenvalue weighted by Crippen LogP contribution is 1.92. The highest BCUT2D eigenvalue weighted by atomic mass is 35.5. The van der Waals surface area contributed by atoms with Gasteiger partial charge in [0.25, 0.3) is 0 Å². The van der Waals surface area contributed by atoms with Gasteiger partial charge in [-0.3, -0.25) is 0 Å². The second-order valence-corrected chi connectivity index (χ2v) is 1.90. The van der Waals surface area contributed by atoms with Crippen LogP contribution in [0.1, 0.15) is 6.92 Å². The second kappa shape index (κ2) is 3.87. The SMILES string of the molecule is CC(Cl)CON=O. The Balaban J connectivity index is 2.81. The van der Waals surface area contributed by atoms with Crippen LogP contribution in [0.5, 0.6) is 0 Å². The minimum Gasteiger partial charge on any atom is -0.363 e. The van der Waals surface area contributed by atoms with Gasteiger partial charge in [-0.25, -0.2) is 0 Å². The molecule has 0 aliphatic carbocycles. The molecule has 0 fully saturated rings. The maximum absolute atomic E-state index is 9.18. The lowest BCUT2D eigenvalue weighted by atomic mass is 10.5. The van der Waals surface area contributed by atoms with Crippen molar-refractivity contribution in [2.45, 2.75) is 12.3 Å². The minimum atomic E-state index is -0.141. The van der Waals surface area contributed by atoms with Crippen molar-refractivity contribution in [2.75, 3.05) is 6.61 Å². The lowest BCUT2D eigenvalue weighted by Gasteiger charge is -1.93. The summed E-state index contributed by atoms with van der Waals surface area (Å²) in [5, 5.41) is 2.00. The Morgan fingerprint density at radius 3 is 2.71 bits per heavy atom. The van der Waals surface area contributed by atoms with E-state index in [0.29, 0.717) is 0 Å². The summed E-state index contributed by atoms with van der Waals surface area (Å²) in [4.78, 5) is 13.2. The Morgan fingerprint density at radius 1 is 2.00 bits per heavy atom. The summed E-state index contributed by atoms with van der Waals surface area (Å²) in [5.74, 6) is 0. The highest BCUT2D eigenvalue weighted by molar-refractivity contribution is 6.20. The molecule has 3 nitrogen and oxygen atoms in total. The van der Waals surface area contributed by atoms with Crippen LogP contribution < -0.4 is 0 Å². The quantitative estimate of drug-likeness (QED) is 0.323.